The number of halogens is 1. The van der Waals surface area contributed by atoms with Crippen LogP contribution in [0, 0.1) is 19.7 Å². The van der Waals surface area contributed by atoms with Crippen LogP contribution < -0.4 is 0 Å². The molecule has 1 N–H and O–H groups in total. The van der Waals surface area contributed by atoms with E-state index in [0.717, 1.165) is 21.0 Å². The van der Waals surface area contributed by atoms with Gasteiger partial charge in [-0.05, 0) is 42.8 Å². The molecule has 1 heterocycles. The number of aryl methyl sites for hydroxylation is 2. The Bertz CT molecular complexity index is 870. The molecule has 0 unspecified atom stereocenters. The Balaban J connectivity index is 2.39. The van der Waals surface area contributed by atoms with Crippen LogP contribution in [-0.4, -0.2) is 16.1 Å². The summed E-state index contributed by atoms with van der Waals surface area (Å²) < 4.78 is 14.4. The summed E-state index contributed by atoms with van der Waals surface area (Å²) in [5.74, 6) is -1.39. The van der Waals surface area contributed by atoms with Gasteiger partial charge in [-0.3, -0.25) is 0 Å². The molecular weight excluding hydrogens is 289 g/mol. The summed E-state index contributed by atoms with van der Waals surface area (Å²) in [6.07, 6.45) is 0. The van der Waals surface area contributed by atoms with E-state index in [1.54, 1.807) is 12.1 Å². The Morgan fingerprint density at radius 3 is 2.57 bits per heavy atom. The fourth-order valence-electron chi connectivity index (χ4n) is 2.42. The number of thiazole rings is 1. The number of aromatic carboxylic acids is 1. The van der Waals surface area contributed by atoms with Crippen LogP contribution in [-0.2, 0) is 0 Å². The molecule has 0 aliphatic rings. The lowest BCUT2D eigenvalue weighted by molar-refractivity contribution is 0.0697. The van der Waals surface area contributed by atoms with Gasteiger partial charge in [0.2, 0.25) is 0 Å². The molecular formula is C16H12FNO2S. The van der Waals surface area contributed by atoms with Gasteiger partial charge >= 0.3 is 5.97 Å². The molecule has 21 heavy (non-hydrogen) atoms. The molecule has 2 aromatic carbocycles. The summed E-state index contributed by atoms with van der Waals surface area (Å²) in [6.45, 7) is 3.70. The minimum atomic E-state index is -1.02. The van der Waals surface area contributed by atoms with Gasteiger partial charge < -0.3 is 5.11 Å². The molecule has 0 aliphatic heterocycles. The highest BCUT2D eigenvalue weighted by Gasteiger charge is 2.17. The molecule has 0 aliphatic carbocycles. The molecule has 0 saturated carbocycles. The van der Waals surface area contributed by atoms with Crippen LogP contribution in [0.1, 0.15) is 21.1 Å². The van der Waals surface area contributed by atoms with Gasteiger partial charge in [0, 0.05) is 5.56 Å². The van der Waals surface area contributed by atoms with Gasteiger partial charge in [0.25, 0.3) is 0 Å². The number of carboxylic acid groups (broad SMARTS) is 1. The topological polar surface area (TPSA) is 50.2 Å². The van der Waals surface area contributed by atoms with Crippen molar-refractivity contribution in [1.82, 2.24) is 4.98 Å². The zero-order valence-electron chi connectivity index (χ0n) is 11.5. The van der Waals surface area contributed by atoms with Crippen LogP contribution in [0.25, 0.3) is 21.2 Å². The molecule has 3 rings (SSSR count). The summed E-state index contributed by atoms with van der Waals surface area (Å²) in [6, 6.07) is 7.81. The van der Waals surface area contributed by atoms with Gasteiger partial charge in [-0.15, -0.1) is 11.3 Å². The van der Waals surface area contributed by atoms with E-state index in [0.29, 0.717) is 10.9 Å². The number of carbonyl (C=O) groups is 1. The number of rotatable bonds is 2. The van der Waals surface area contributed by atoms with E-state index in [1.165, 1.54) is 29.5 Å². The highest BCUT2D eigenvalue weighted by Crippen LogP contribution is 2.37. The van der Waals surface area contributed by atoms with Crippen molar-refractivity contribution in [3.8, 4) is 10.4 Å². The summed E-state index contributed by atoms with van der Waals surface area (Å²) in [5, 5.41) is 11.4. The van der Waals surface area contributed by atoms with Gasteiger partial charge in [-0.2, -0.15) is 0 Å². The average Bonchev–Trinajstić information content (AvgIpc) is 2.76. The normalized spacial score (nSPS) is 11.0. The van der Waals surface area contributed by atoms with Crippen molar-refractivity contribution in [2.75, 3.05) is 0 Å². The van der Waals surface area contributed by atoms with E-state index in [9.17, 15) is 9.18 Å². The van der Waals surface area contributed by atoms with E-state index >= 15 is 0 Å². The number of hydrogen-bond acceptors (Lipinski definition) is 3. The van der Waals surface area contributed by atoms with Crippen LogP contribution in [0.4, 0.5) is 4.39 Å². The van der Waals surface area contributed by atoms with Crippen LogP contribution >= 0.6 is 11.3 Å². The average molecular weight is 301 g/mol. The molecule has 0 amide bonds. The van der Waals surface area contributed by atoms with E-state index < -0.39 is 5.97 Å². The Morgan fingerprint density at radius 2 is 1.95 bits per heavy atom. The lowest BCUT2D eigenvalue weighted by Crippen LogP contribution is -1.96. The Labute approximate surface area is 124 Å². The third-order valence-corrected chi connectivity index (χ3v) is 4.44. The SMILES string of the molecule is Cc1nc(C)c(-c2c(F)ccc3ccc(C(=O)O)cc23)s1. The third kappa shape index (κ3) is 2.29. The lowest BCUT2D eigenvalue weighted by Gasteiger charge is -2.08. The van der Waals surface area contributed by atoms with Gasteiger partial charge in [0.1, 0.15) is 5.82 Å². The first kappa shape index (κ1) is 13.7. The minimum Gasteiger partial charge on any atom is -0.478 e. The maximum Gasteiger partial charge on any atom is 0.335 e. The smallest absolute Gasteiger partial charge is 0.335 e. The molecule has 0 atom stereocenters. The van der Waals surface area contributed by atoms with Crippen molar-refractivity contribution in [2.24, 2.45) is 0 Å². The van der Waals surface area contributed by atoms with E-state index in [-0.39, 0.29) is 11.4 Å². The second kappa shape index (κ2) is 4.93. The first-order chi connectivity index (χ1) is 9.97. The Hall–Kier alpha value is -2.27. The van der Waals surface area contributed by atoms with Gasteiger partial charge in [-0.1, -0.05) is 12.1 Å². The minimum absolute atomic E-state index is 0.147. The Morgan fingerprint density at radius 1 is 1.24 bits per heavy atom. The fourth-order valence-corrected chi connectivity index (χ4v) is 3.40. The standard InChI is InChI=1S/C16H12FNO2S/c1-8-15(21-9(2)18-8)14-12-7-11(16(19)20)4-3-10(12)5-6-13(14)17/h3-7H,1-2H3,(H,19,20). The maximum atomic E-state index is 14.4. The molecule has 3 nitrogen and oxygen atoms in total. The molecule has 1 aromatic heterocycles. The van der Waals surface area contributed by atoms with Gasteiger partial charge in [-0.25, -0.2) is 14.2 Å². The molecule has 106 valence electrons. The largest absolute Gasteiger partial charge is 0.478 e. The van der Waals surface area contributed by atoms with Crippen molar-refractivity contribution in [3.63, 3.8) is 0 Å². The summed E-state index contributed by atoms with van der Waals surface area (Å²) in [4.78, 5) is 16.2. The quantitative estimate of drug-likeness (QED) is 0.762. The summed E-state index contributed by atoms with van der Waals surface area (Å²) in [7, 11) is 0. The molecule has 0 saturated heterocycles. The second-order valence-electron chi connectivity index (χ2n) is 4.81. The Kier molecular flexibility index (Phi) is 3.22. The summed E-state index contributed by atoms with van der Waals surface area (Å²) in [5.41, 5.74) is 1.33. The maximum absolute atomic E-state index is 14.4. The third-order valence-electron chi connectivity index (χ3n) is 3.35. The van der Waals surface area contributed by atoms with Crippen molar-refractivity contribution >= 4 is 28.1 Å². The number of hydrogen-bond donors (Lipinski definition) is 1. The monoisotopic (exact) mass is 301 g/mol. The van der Waals surface area contributed by atoms with Crippen LogP contribution in [0.3, 0.4) is 0 Å². The van der Waals surface area contributed by atoms with Crippen LogP contribution in [0.15, 0.2) is 30.3 Å². The van der Waals surface area contributed by atoms with Gasteiger partial charge in [0.05, 0.1) is 21.1 Å². The lowest BCUT2D eigenvalue weighted by atomic mass is 9.99. The molecule has 3 aromatic rings. The molecule has 0 bridgehead atoms. The van der Waals surface area contributed by atoms with Crippen molar-refractivity contribution in [3.05, 3.63) is 52.4 Å². The predicted octanol–water partition coefficient (Wildman–Crippen LogP) is 4.42. The predicted molar refractivity (Wildman–Crippen MR) is 81.4 cm³/mol. The number of carboxylic acids is 1. The number of aromatic nitrogens is 1. The van der Waals surface area contributed by atoms with E-state index in [2.05, 4.69) is 4.98 Å². The fraction of sp³-hybridized carbons (Fsp3) is 0.125. The van der Waals surface area contributed by atoms with E-state index in [4.69, 9.17) is 5.11 Å². The van der Waals surface area contributed by atoms with Crippen LogP contribution in [0.2, 0.25) is 0 Å². The summed E-state index contributed by atoms with van der Waals surface area (Å²) >= 11 is 1.41. The zero-order valence-corrected chi connectivity index (χ0v) is 12.3. The van der Waals surface area contributed by atoms with Gasteiger partial charge in [0.15, 0.2) is 0 Å². The molecule has 5 heteroatoms. The second-order valence-corrected chi connectivity index (χ2v) is 6.01. The number of nitrogens with zero attached hydrogens (tertiary/aromatic N) is 1. The van der Waals surface area contributed by atoms with Crippen molar-refractivity contribution in [2.45, 2.75) is 13.8 Å². The van der Waals surface area contributed by atoms with E-state index in [1.807, 2.05) is 13.8 Å². The molecule has 0 radical (unpaired) electrons. The molecule has 0 fully saturated rings. The first-order valence-electron chi connectivity index (χ1n) is 6.37. The number of benzene rings is 2. The van der Waals surface area contributed by atoms with Crippen molar-refractivity contribution < 1.29 is 14.3 Å². The highest BCUT2D eigenvalue weighted by atomic mass is 32.1. The van der Waals surface area contributed by atoms with Crippen molar-refractivity contribution in [1.29, 1.82) is 0 Å². The zero-order chi connectivity index (χ0) is 15.1. The molecule has 0 spiro atoms. The first-order valence-corrected chi connectivity index (χ1v) is 7.19. The van der Waals surface area contributed by atoms with Crippen LogP contribution in [0.5, 0.6) is 0 Å². The highest BCUT2D eigenvalue weighted by molar-refractivity contribution is 7.15. The number of fused-ring (bicyclic) bond motifs is 1.